The third-order valence-electron chi connectivity index (χ3n) is 3.55. The Labute approximate surface area is 160 Å². The monoisotopic (exact) mass is 382 g/mol. The van der Waals surface area contributed by atoms with Crippen LogP contribution in [0.5, 0.6) is 5.75 Å². The van der Waals surface area contributed by atoms with Crippen molar-refractivity contribution in [3.8, 4) is 16.3 Å². The van der Waals surface area contributed by atoms with Crippen molar-refractivity contribution in [1.82, 2.24) is 20.8 Å². The fourth-order valence-electron chi connectivity index (χ4n) is 2.34. The van der Waals surface area contributed by atoms with Gasteiger partial charge in [-0.1, -0.05) is 12.1 Å². The number of benzene rings is 1. The van der Waals surface area contributed by atoms with Gasteiger partial charge in [0, 0.05) is 17.8 Å². The lowest BCUT2D eigenvalue weighted by atomic mass is 10.2. The normalized spacial score (nSPS) is 10.3. The van der Waals surface area contributed by atoms with Gasteiger partial charge in [-0.15, -0.1) is 11.3 Å². The summed E-state index contributed by atoms with van der Waals surface area (Å²) in [6.45, 7) is 2.49. The number of hydrogen-bond donors (Lipinski definition) is 2. The minimum Gasteiger partial charge on any atom is -0.493 e. The largest absolute Gasteiger partial charge is 0.493 e. The van der Waals surface area contributed by atoms with E-state index in [1.54, 1.807) is 18.3 Å². The van der Waals surface area contributed by atoms with Crippen molar-refractivity contribution in [2.45, 2.75) is 13.3 Å². The molecule has 2 heterocycles. The quantitative estimate of drug-likeness (QED) is 0.639. The number of pyridine rings is 1. The predicted molar refractivity (Wildman–Crippen MR) is 102 cm³/mol. The summed E-state index contributed by atoms with van der Waals surface area (Å²) < 4.78 is 5.62. The zero-order chi connectivity index (χ0) is 19.1. The van der Waals surface area contributed by atoms with E-state index in [4.69, 9.17) is 4.74 Å². The number of nitrogens with zero attached hydrogens (tertiary/aromatic N) is 2. The van der Waals surface area contributed by atoms with Gasteiger partial charge in [0.25, 0.3) is 5.91 Å². The minimum atomic E-state index is -0.430. The van der Waals surface area contributed by atoms with E-state index in [0.717, 1.165) is 16.3 Å². The summed E-state index contributed by atoms with van der Waals surface area (Å²) in [5.41, 5.74) is 6.62. The second-order valence-electron chi connectivity index (χ2n) is 5.49. The lowest BCUT2D eigenvalue weighted by molar-refractivity contribution is -0.121. The first-order chi connectivity index (χ1) is 13.2. The third-order valence-corrected chi connectivity index (χ3v) is 4.47. The van der Waals surface area contributed by atoms with Crippen LogP contribution in [0.2, 0.25) is 0 Å². The lowest BCUT2D eigenvalue weighted by Crippen LogP contribution is -2.42. The molecule has 0 radical (unpaired) electrons. The van der Waals surface area contributed by atoms with E-state index in [1.165, 1.54) is 17.5 Å². The zero-order valence-corrected chi connectivity index (χ0v) is 15.5. The van der Waals surface area contributed by atoms with Crippen LogP contribution in [-0.4, -0.2) is 28.4 Å². The van der Waals surface area contributed by atoms with E-state index in [0.29, 0.717) is 17.9 Å². The molecule has 2 N–H and O–H groups in total. The molecule has 2 amide bonds. The Morgan fingerprint density at radius 2 is 2.00 bits per heavy atom. The van der Waals surface area contributed by atoms with Crippen LogP contribution in [0.4, 0.5) is 0 Å². The Morgan fingerprint density at radius 1 is 1.15 bits per heavy atom. The van der Waals surface area contributed by atoms with Crippen molar-refractivity contribution < 1.29 is 14.3 Å². The van der Waals surface area contributed by atoms with Crippen molar-refractivity contribution in [3.63, 3.8) is 0 Å². The second kappa shape index (κ2) is 8.91. The van der Waals surface area contributed by atoms with Gasteiger partial charge in [-0.3, -0.25) is 25.4 Å². The van der Waals surface area contributed by atoms with Crippen LogP contribution in [0.15, 0.2) is 54.2 Å². The van der Waals surface area contributed by atoms with Crippen LogP contribution in [0, 0.1) is 0 Å². The number of ether oxygens (including phenoxy) is 1. The molecule has 0 fully saturated rings. The Kier molecular flexibility index (Phi) is 6.11. The van der Waals surface area contributed by atoms with Gasteiger partial charge in [0.2, 0.25) is 5.91 Å². The molecule has 0 atom stereocenters. The van der Waals surface area contributed by atoms with Crippen LogP contribution in [0.25, 0.3) is 10.6 Å². The SMILES string of the molecule is CCOc1ccccc1-c1nc(CC(=O)NNC(=O)c2cccnc2)cs1. The Bertz CT molecular complexity index is 927. The van der Waals surface area contributed by atoms with E-state index in [1.807, 2.05) is 36.6 Å². The molecule has 3 aromatic rings. The number of rotatable bonds is 6. The average Bonchev–Trinajstić information content (AvgIpc) is 3.15. The minimum absolute atomic E-state index is 0.0562. The van der Waals surface area contributed by atoms with Crippen LogP contribution in [0.3, 0.4) is 0 Å². The van der Waals surface area contributed by atoms with Gasteiger partial charge in [-0.05, 0) is 31.2 Å². The standard InChI is InChI=1S/C19H18N4O3S/c1-2-26-16-8-4-3-7-15(16)19-21-14(12-27-19)10-17(24)22-23-18(25)13-6-5-9-20-11-13/h3-9,11-12H,2,10H2,1H3,(H,22,24)(H,23,25). The molecule has 8 heteroatoms. The van der Waals surface area contributed by atoms with Crippen LogP contribution in [-0.2, 0) is 11.2 Å². The van der Waals surface area contributed by atoms with E-state index < -0.39 is 5.91 Å². The van der Waals surface area contributed by atoms with E-state index >= 15 is 0 Å². The lowest BCUT2D eigenvalue weighted by Gasteiger charge is -2.07. The first-order valence-electron chi connectivity index (χ1n) is 8.33. The maximum absolute atomic E-state index is 12.1. The van der Waals surface area contributed by atoms with Crippen molar-refractivity contribution in [2.75, 3.05) is 6.61 Å². The fraction of sp³-hybridized carbons (Fsp3) is 0.158. The first kappa shape index (κ1) is 18.5. The average molecular weight is 382 g/mol. The van der Waals surface area contributed by atoms with Gasteiger partial charge in [0.05, 0.1) is 29.8 Å². The molecule has 0 unspecified atom stereocenters. The van der Waals surface area contributed by atoms with Gasteiger partial charge in [0.1, 0.15) is 10.8 Å². The number of thiazole rings is 1. The number of hydrazine groups is 1. The molecule has 138 valence electrons. The van der Waals surface area contributed by atoms with Gasteiger partial charge in [-0.2, -0.15) is 0 Å². The molecule has 0 aliphatic rings. The summed E-state index contributed by atoms with van der Waals surface area (Å²) in [5.74, 6) is -0.0303. The predicted octanol–water partition coefficient (Wildman–Crippen LogP) is 2.61. The highest BCUT2D eigenvalue weighted by molar-refractivity contribution is 7.13. The topological polar surface area (TPSA) is 93.2 Å². The second-order valence-corrected chi connectivity index (χ2v) is 6.35. The number of hydrogen-bond acceptors (Lipinski definition) is 6. The van der Waals surface area contributed by atoms with Gasteiger partial charge in [0.15, 0.2) is 0 Å². The summed E-state index contributed by atoms with van der Waals surface area (Å²) in [5, 5.41) is 2.60. The molecule has 0 spiro atoms. The van der Waals surface area contributed by atoms with Gasteiger partial charge < -0.3 is 4.74 Å². The molecule has 2 aromatic heterocycles. The highest BCUT2D eigenvalue weighted by Crippen LogP contribution is 2.32. The van der Waals surface area contributed by atoms with Crippen molar-refractivity contribution in [1.29, 1.82) is 0 Å². The Morgan fingerprint density at radius 3 is 2.78 bits per heavy atom. The molecule has 0 aliphatic carbocycles. The first-order valence-corrected chi connectivity index (χ1v) is 9.21. The summed E-state index contributed by atoms with van der Waals surface area (Å²) in [7, 11) is 0. The summed E-state index contributed by atoms with van der Waals surface area (Å²) in [4.78, 5) is 32.3. The molecule has 27 heavy (non-hydrogen) atoms. The molecule has 0 aliphatic heterocycles. The zero-order valence-electron chi connectivity index (χ0n) is 14.6. The molecular formula is C19H18N4O3S. The van der Waals surface area contributed by atoms with Gasteiger partial charge in [-0.25, -0.2) is 4.98 Å². The van der Waals surface area contributed by atoms with Crippen LogP contribution >= 0.6 is 11.3 Å². The van der Waals surface area contributed by atoms with E-state index in [9.17, 15) is 9.59 Å². The molecular weight excluding hydrogens is 364 g/mol. The highest BCUT2D eigenvalue weighted by Gasteiger charge is 2.13. The maximum atomic E-state index is 12.1. The number of carbonyl (C=O) groups is 2. The summed E-state index contributed by atoms with van der Waals surface area (Å²) >= 11 is 1.44. The van der Waals surface area contributed by atoms with E-state index in [-0.39, 0.29) is 12.3 Å². The number of para-hydroxylation sites is 1. The van der Waals surface area contributed by atoms with Crippen LogP contribution < -0.4 is 15.6 Å². The number of carbonyl (C=O) groups excluding carboxylic acids is 2. The number of amides is 2. The smallest absolute Gasteiger partial charge is 0.271 e. The van der Waals surface area contributed by atoms with Crippen molar-refractivity contribution in [3.05, 3.63) is 65.4 Å². The maximum Gasteiger partial charge on any atom is 0.271 e. The number of nitrogens with one attached hydrogen (secondary N) is 2. The molecule has 3 rings (SSSR count). The third kappa shape index (κ3) is 4.89. The van der Waals surface area contributed by atoms with Gasteiger partial charge >= 0.3 is 0 Å². The summed E-state index contributed by atoms with van der Waals surface area (Å²) in [6.07, 6.45) is 3.05. The van der Waals surface area contributed by atoms with Crippen molar-refractivity contribution in [2.24, 2.45) is 0 Å². The van der Waals surface area contributed by atoms with E-state index in [2.05, 4.69) is 20.8 Å². The Balaban J connectivity index is 1.59. The Hall–Kier alpha value is -3.26. The molecule has 0 saturated carbocycles. The molecule has 0 bridgehead atoms. The van der Waals surface area contributed by atoms with Crippen LogP contribution in [0.1, 0.15) is 23.0 Å². The van der Waals surface area contributed by atoms with Crippen molar-refractivity contribution >= 4 is 23.2 Å². The highest BCUT2D eigenvalue weighted by atomic mass is 32.1. The molecule has 1 aromatic carbocycles. The summed E-state index contributed by atoms with van der Waals surface area (Å²) in [6, 6.07) is 10.9. The fourth-order valence-corrected chi connectivity index (χ4v) is 3.19. The molecule has 0 saturated heterocycles. The molecule has 7 nitrogen and oxygen atoms in total. The number of aromatic nitrogens is 2.